The van der Waals surface area contributed by atoms with Crippen LogP contribution in [0.3, 0.4) is 0 Å². The van der Waals surface area contributed by atoms with Crippen LogP contribution in [0.15, 0.2) is 54.6 Å². The summed E-state index contributed by atoms with van der Waals surface area (Å²) in [6.45, 7) is 2.43. The lowest BCUT2D eigenvalue weighted by atomic mass is 10.2. The van der Waals surface area contributed by atoms with E-state index in [0.29, 0.717) is 22.8 Å². The fraction of sp³-hybridized carbons (Fsp3) is 0.158. The molecule has 0 aliphatic carbocycles. The van der Waals surface area contributed by atoms with E-state index in [9.17, 15) is 9.59 Å². The Balaban J connectivity index is 1.77. The molecular weight excluding hydrogens is 334 g/mol. The number of hydrogen-bond donors (Lipinski definition) is 2. The molecule has 2 N–H and O–H groups in total. The summed E-state index contributed by atoms with van der Waals surface area (Å²) in [5, 5.41) is 6.70. The van der Waals surface area contributed by atoms with Gasteiger partial charge in [0.2, 0.25) is 0 Å². The zero-order valence-corrected chi connectivity index (χ0v) is 14.9. The van der Waals surface area contributed by atoms with Crippen molar-refractivity contribution in [3.8, 4) is 0 Å². The van der Waals surface area contributed by atoms with E-state index in [0.717, 1.165) is 10.1 Å². The second-order valence-electron chi connectivity index (χ2n) is 5.55. The molecule has 0 atom stereocenters. The van der Waals surface area contributed by atoms with Gasteiger partial charge in [0.05, 0.1) is 4.88 Å². The summed E-state index contributed by atoms with van der Waals surface area (Å²) in [6, 6.07) is 16.8. The van der Waals surface area contributed by atoms with Gasteiger partial charge >= 0.3 is 6.03 Å². The topological polar surface area (TPSA) is 61.4 Å². The Bertz CT molecular complexity index is 887. The average molecular weight is 353 g/mol. The number of amides is 3. The van der Waals surface area contributed by atoms with E-state index >= 15 is 0 Å². The highest BCUT2D eigenvalue weighted by atomic mass is 32.1. The molecule has 0 bridgehead atoms. The second kappa shape index (κ2) is 7.36. The monoisotopic (exact) mass is 353 g/mol. The van der Waals surface area contributed by atoms with Gasteiger partial charge < -0.3 is 10.6 Å². The summed E-state index contributed by atoms with van der Waals surface area (Å²) in [4.78, 5) is 26.6. The van der Waals surface area contributed by atoms with Crippen molar-refractivity contribution in [2.24, 2.45) is 0 Å². The number of urea groups is 1. The molecule has 3 amide bonds. The Hall–Kier alpha value is -2.86. The quantitative estimate of drug-likeness (QED) is 0.734. The smallest absolute Gasteiger partial charge is 0.321 e. The maximum Gasteiger partial charge on any atom is 0.321 e. The predicted molar refractivity (Wildman–Crippen MR) is 104 cm³/mol. The molecule has 128 valence electrons. The van der Waals surface area contributed by atoms with Crippen molar-refractivity contribution in [1.29, 1.82) is 0 Å². The van der Waals surface area contributed by atoms with Crippen LogP contribution in [0.2, 0.25) is 0 Å². The van der Waals surface area contributed by atoms with E-state index in [1.807, 2.05) is 49.4 Å². The second-order valence-corrected chi connectivity index (χ2v) is 6.63. The number of fused-ring (bicyclic) bond motifs is 1. The molecule has 0 fully saturated rings. The van der Waals surface area contributed by atoms with Gasteiger partial charge in [0.15, 0.2) is 0 Å². The van der Waals surface area contributed by atoms with Crippen LogP contribution in [0.1, 0.15) is 16.6 Å². The number of thiophene rings is 1. The van der Waals surface area contributed by atoms with Crippen molar-refractivity contribution < 1.29 is 9.59 Å². The summed E-state index contributed by atoms with van der Waals surface area (Å²) in [6.07, 6.45) is 0. The maximum atomic E-state index is 12.5. The number of benzene rings is 2. The van der Waals surface area contributed by atoms with Crippen molar-refractivity contribution in [3.63, 3.8) is 0 Å². The third kappa shape index (κ3) is 3.80. The Morgan fingerprint density at radius 3 is 2.64 bits per heavy atom. The predicted octanol–water partition coefficient (Wildman–Crippen LogP) is 4.32. The minimum absolute atomic E-state index is 0.154. The van der Waals surface area contributed by atoms with Gasteiger partial charge in [0.25, 0.3) is 5.91 Å². The number of anilines is 2. The van der Waals surface area contributed by atoms with E-state index in [2.05, 4.69) is 10.6 Å². The molecule has 5 nitrogen and oxygen atoms in total. The molecule has 0 aliphatic heterocycles. The van der Waals surface area contributed by atoms with Gasteiger partial charge in [0.1, 0.15) is 0 Å². The molecule has 0 radical (unpaired) electrons. The van der Waals surface area contributed by atoms with Crippen LogP contribution in [0, 0.1) is 0 Å². The number of carbonyl (C=O) groups is 2. The Morgan fingerprint density at radius 2 is 1.88 bits per heavy atom. The van der Waals surface area contributed by atoms with Gasteiger partial charge in [0, 0.05) is 29.7 Å². The molecule has 0 aliphatic rings. The number of nitrogens with one attached hydrogen (secondary N) is 2. The molecule has 0 spiro atoms. The molecule has 2 aromatic carbocycles. The molecule has 0 unspecified atom stereocenters. The minimum Gasteiger partial charge on any atom is -0.338 e. The molecule has 1 heterocycles. The van der Waals surface area contributed by atoms with Crippen LogP contribution >= 0.6 is 11.3 Å². The van der Waals surface area contributed by atoms with Gasteiger partial charge in [-0.1, -0.05) is 24.3 Å². The third-order valence-corrected chi connectivity index (χ3v) is 4.89. The first-order valence-corrected chi connectivity index (χ1v) is 8.81. The molecule has 1 aromatic heterocycles. The normalized spacial score (nSPS) is 10.5. The highest BCUT2D eigenvalue weighted by molar-refractivity contribution is 7.20. The van der Waals surface area contributed by atoms with Gasteiger partial charge in [-0.3, -0.25) is 9.69 Å². The van der Waals surface area contributed by atoms with Crippen LogP contribution in [0.25, 0.3) is 10.1 Å². The third-order valence-electron chi connectivity index (χ3n) is 3.77. The van der Waals surface area contributed by atoms with E-state index in [1.165, 1.54) is 16.2 Å². The highest BCUT2D eigenvalue weighted by Crippen LogP contribution is 2.26. The highest BCUT2D eigenvalue weighted by Gasteiger charge is 2.13. The maximum absolute atomic E-state index is 12.5. The largest absolute Gasteiger partial charge is 0.338 e. The van der Waals surface area contributed by atoms with E-state index < -0.39 is 0 Å². The van der Waals surface area contributed by atoms with Crippen LogP contribution in [0.4, 0.5) is 16.2 Å². The Morgan fingerprint density at radius 1 is 1.08 bits per heavy atom. The number of carbonyl (C=O) groups excluding carboxylic acids is 2. The molecule has 3 rings (SSSR count). The van der Waals surface area contributed by atoms with Gasteiger partial charge in [-0.05, 0) is 42.6 Å². The summed E-state index contributed by atoms with van der Waals surface area (Å²) in [5.74, 6) is -0.154. The number of hydrogen-bond acceptors (Lipinski definition) is 3. The standard InChI is InChI=1S/C19H19N3O2S/c1-3-20-19(24)22(2)15-9-6-8-14(12-15)21-18(23)17-11-13-7-4-5-10-16(13)25-17/h4-12H,3H2,1-2H3,(H,20,24)(H,21,23). The first-order chi connectivity index (χ1) is 12.1. The summed E-state index contributed by atoms with van der Waals surface area (Å²) in [7, 11) is 1.69. The Kier molecular flexibility index (Phi) is 5.00. The fourth-order valence-corrected chi connectivity index (χ4v) is 3.42. The van der Waals surface area contributed by atoms with Crippen molar-refractivity contribution in [2.45, 2.75) is 6.92 Å². The van der Waals surface area contributed by atoms with E-state index in [4.69, 9.17) is 0 Å². The first-order valence-electron chi connectivity index (χ1n) is 8.00. The van der Waals surface area contributed by atoms with Crippen molar-refractivity contribution in [2.75, 3.05) is 23.8 Å². The number of rotatable bonds is 4. The van der Waals surface area contributed by atoms with Crippen LogP contribution < -0.4 is 15.5 Å². The van der Waals surface area contributed by atoms with Crippen molar-refractivity contribution in [1.82, 2.24) is 5.32 Å². The molecule has 0 saturated heterocycles. The number of nitrogens with zero attached hydrogens (tertiary/aromatic N) is 1. The Labute approximate surface area is 150 Å². The molecule has 6 heteroatoms. The van der Waals surface area contributed by atoms with Crippen LogP contribution in [0.5, 0.6) is 0 Å². The fourth-order valence-electron chi connectivity index (χ4n) is 2.47. The SMILES string of the molecule is CCNC(=O)N(C)c1cccc(NC(=O)c2cc3ccccc3s2)c1. The summed E-state index contributed by atoms with van der Waals surface area (Å²) in [5.41, 5.74) is 1.36. The lowest BCUT2D eigenvalue weighted by molar-refractivity contribution is 0.103. The van der Waals surface area contributed by atoms with E-state index in [-0.39, 0.29) is 11.9 Å². The molecule has 3 aromatic rings. The molecule has 0 saturated carbocycles. The minimum atomic E-state index is -0.185. The average Bonchev–Trinajstić information content (AvgIpc) is 3.06. The van der Waals surface area contributed by atoms with E-state index in [1.54, 1.807) is 19.2 Å². The van der Waals surface area contributed by atoms with Crippen LogP contribution in [-0.2, 0) is 0 Å². The lowest BCUT2D eigenvalue weighted by Gasteiger charge is -2.18. The van der Waals surface area contributed by atoms with Gasteiger partial charge in [-0.15, -0.1) is 11.3 Å². The van der Waals surface area contributed by atoms with Crippen molar-refractivity contribution >= 4 is 44.7 Å². The summed E-state index contributed by atoms with van der Waals surface area (Å²) < 4.78 is 1.08. The van der Waals surface area contributed by atoms with Crippen molar-refractivity contribution in [3.05, 3.63) is 59.5 Å². The lowest BCUT2D eigenvalue weighted by Crippen LogP contribution is -2.37. The van der Waals surface area contributed by atoms with Crippen LogP contribution in [-0.4, -0.2) is 25.5 Å². The first kappa shape index (κ1) is 17.0. The van der Waals surface area contributed by atoms with Gasteiger partial charge in [-0.2, -0.15) is 0 Å². The molecular formula is C19H19N3O2S. The zero-order valence-electron chi connectivity index (χ0n) is 14.1. The van der Waals surface area contributed by atoms with Gasteiger partial charge in [-0.25, -0.2) is 4.79 Å². The summed E-state index contributed by atoms with van der Waals surface area (Å²) >= 11 is 1.46. The zero-order chi connectivity index (χ0) is 17.8. The molecule has 25 heavy (non-hydrogen) atoms.